The van der Waals surface area contributed by atoms with Crippen LogP contribution in [0.2, 0.25) is 5.02 Å². The lowest BCUT2D eigenvalue weighted by molar-refractivity contribution is -0.140. The lowest BCUT2D eigenvalue weighted by Crippen LogP contribution is -2.44. The minimum Gasteiger partial charge on any atom is -0.480 e. The molecule has 3 aromatic rings. The molecule has 0 fully saturated rings. The first-order valence-corrected chi connectivity index (χ1v) is 10.1. The zero-order valence-corrected chi connectivity index (χ0v) is 17.4. The number of carbonyl (C=O) groups excluding carboxylic acids is 1. The zero-order valence-electron chi connectivity index (χ0n) is 16.7. The van der Waals surface area contributed by atoms with Crippen LogP contribution in [0.15, 0.2) is 78.9 Å². The number of carbonyl (C=O) groups is 2. The zero-order chi connectivity index (χ0) is 22.1. The van der Waals surface area contributed by atoms with Crippen molar-refractivity contribution in [1.29, 1.82) is 0 Å². The molecule has 0 aromatic heterocycles. The van der Waals surface area contributed by atoms with Gasteiger partial charge in [0.05, 0.1) is 18.8 Å². The Bertz CT molecular complexity index is 1010. The number of hydrogen-bond donors (Lipinski definition) is 2. The van der Waals surface area contributed by atoms with Gasteiger partial charge in [-0.15, -0.1) is 0 Å². The summed E-state index contributed by atoms with van der Waals surface area (Å²) in [6.45, 7) is 0.202. The number of carboxylic acid groups (broad SMARTS) is 1. The van der Waals surface area contributed by atoms with Crippen LogP contribution in [0.3, 0.4) is 0 Å². The van der Waals surface area contributed by atoms with Crippen molar-refractivity contribution in [3.05, 3.63) is 95.0 Å². The Morgan fingerprint density at radius 1 is 0.935 bits per heavy atom. The molecule has 0 aliphatic rings. The Morgan fingerprint density at radius 3 is 2.32 bits per heavy atom. The number of nitrogens with one attached hydrogen (secondary N) is 1. The van der Waals surface area contributed by atoms with E-state index in [9.17, 15) is 14.7 Å². The van der Waals surface area contributed by atoms with Crippen molar-refractivity contribution in [2.45, 2.75) is 12.5 Å². The van der Waals surface area contributed by atoms with Gasteiger partial charge in [0.1, 0.15) is 11.5 Å². The van der Waals surface area contributed by atoms with E-state index >= 15 is 0 Å². The quantitative estimate of drug-likeness (QED) is 0.452. The molecule has 3 aromatic carbocycles. The first kappa shape index (κ1) is 22.3. The van der Waals surface area contributed by atoms with Crippen molar-refractivity contribution in [3.8, 4) is 11.5 Å². The third-order valence-electron chi connectivity index (χ3n) is 4.44. The highest BCUT2D eigenvalue weighted by molar-refractivity contribution is 6.30. The van der Waals surface area contributed by atoms with Crippen LogP contribution in [0.1, 0.15) is 15.9 Å². The molecule has 2 N–H and O–H groups in total. The van der Waals surface area contributed by atoms with E-state index in [1.54, 1.807) is 48.5 Å². The van der Waals surface area contributed by atoms with Crippen LogP contribution >= 0.6 is 11.6 Å². The molecular weight excluding hydrogens is 418 g/mol. The standard InChI is InChI=1S/C24H22ClNO5/c25-18-10-12-19(13-11-18)31-22-9-5-4-8-20(22)23(27)26-21(24(28)29)16-30-15-14-17-6-2-1-3-7-17/h1-13,21H,14-16H2,(H,26,27)(H,28,29)/t21-/m1/s1. The van der Waals surface area contributed by atoms with Gasteiger partial charge in [0.2, 0.25) is 0 Å². The summed E-state index contributed by atoms with van der Waals surface area (Å²) in [6.07, 6.45) is 0.652. The predicted molar refractivity (Wildman–Crippen MR) is 118 cm³/mol. The van der Waals surface area contributed by atoms with Crippen molar-refractivity contribution in [3.63, 3.8) is 0 Å². The maximum absolute atomic E-state index is 12.7. The van der Waals surface area contributed by atoms with Gasteiger partial charge in [0, 0.05) is 5.02 Å². The van der Waals surface area contributed by atoms with Gasteiger partial charge < -0.3 is 19.9 Å². The van der Waals surface area contributed by atoms with E-state index in [0.717, 1.165) is 5.56 Å². The third-order valence-corrected chi connectivity index (χ3v) is 4.69. The molecule has 0 spiro atoms. The monoisotopic (exact) mass is 439 g/mol. The molecule has 0 saturated carbocycles. The third kappa shape index (κ3) is 6.84. The normalized spacial score (nSPS) is 11.5. The first-order chi connectivity index (χ1) is 15.0. The van der Waals surface area contributed by atoms with Crippen molar-refractivity contribution in [2.75, 3.05) is 13.2 Å². The molecule has 160 valence electrons. The van der Waals surface area contributed by atoms with Crippen molar-refractivity contribution < 1.29 is 24.2 Å². The molecule has 0 aliphatic carbocycles. The topological polar surface area (TPSA) is 84.9 Å². The molecule has 6 nitrogen and oxygen atoms in total. The molecule has 1 amide bonds. The Hall–Kier alpha value is -3.35. The minimum atomic E-state index is -1.19. The van der Waals surface area contributed by atoms with Crippen LogP contribution in [0.4, 0.5) is 0 Å². The van der Waals surface area contributed by atoms with Crippen LogP contribution in [0.25, 0.3) is 0 Å². The van der Waals surface area contributed by atoms with Crippen molar-refractivity contribution >= 4 is 23.5 Å². The fourth-order valence-electron chi connectivity index (χ4n) is 2.82. The fourth-order valence-corrected chi connectivity index (χ4v) is 2.95. The fraction of sp³-hybridized carbons (Fsp3) is 0.167. The van der Waals surface area contributed by atoms with Gasteiger partial charge in [-0.2, -0.15) is 0 Å². The summed E-state index contributed by atoms with van der Waals surface area (Å²) >= 11 is 5.88. The highest BCUT2D eigenvalue weighted by atomic mass is 35.5. The molecule has 0 aliphatic heterocycles. The molecule has 0 heterocycles. The summed E-state index contributed by atoms with van der Waals surface area (Å²) in [5, 5.41) is 12.5. The van der Waals surface area contributed by atoms with Gasteiger partial charge in [-0.25, -0.2) is 4.79 Å². The second-order valence-electron chi connectivity index (χ2n) is 6.73. The molecule has 3 rings (SSSR count). The van der Waals surface area contributed by atoms with Gasteiger partial charge in [-0.3, -0.25) is 4.79 Å². The van der Waals surface area contributed by atoms with Crippen molar-refractivity contribution in [2.24, 2.45) is 0 Å². The maximum atomic E-state index is 12.7. The van der Waals surface area contributed by atoms with E-state index in [2.05, 4.69) is 5.32 Å². The number of para-hydroxylation sites is 1. The van der Waals surface area contributed by atoms with Gasteiger partial charge in [0.25, 0.3) is 5.91 Å². The summed E-state index contributed by atoms with van der Waals surface area (Å²) < 4.78 is 11.3. The smallest absolute Gasteiger partial charge is 0.328 e. The van der Waals surface area contributed by atoms with Gasteiger partial charge in [-0.1, -0.05) is 54.1 Å². The van der Waals surface area contributed by atoms with Crippen LogP contribution in [0, 0.1) is 0 Å². The second kappa shape index (κ2) is 11.2. The summed E-state index contributed by atoms with van der Waals surface area (Å²) in [6, 6.07) is 21.8. The molecule has 0 bridgehead atoms. The van der Waals surface area contributed by atoms with Crippen LogP contribution in [-0.4, -0.2) is 36.2 Å². The number of ether oxygens (including phenoxy) is 2. The van der Waals surface area contributed by atoms with Crippen molar-refractivity contribution in [1.82, 2.24) is 5.32 Å². The number of benzene rings is 3. The molecule has 7 heteroatoms. The number of halogens is 1. The van der Waals surface area contributed by atoms with E-state index in [-0.39, 0.29) is 12.2 Å². The number of rotatable bonds is 10. The Morgan fingerprint density at radius 2 is 1.61 bits per heavy atom. The van der Waals surface area contributed by atoms with Gasteiger partial charge in [0.15, 0.2) is 6.04 Å². The van der Waals surface area contributed by atoms with Crippen LogP contribution in [-0.2, 0) is 16.0 Å². The van der Waals surface area contributed by atoms with E-state index < -0.39 is 17.9 Å². The Balaban J connectivity index is 1.60. The average Bonchev–Trinajstić information content (AvgIpc) is 2.78. The minimum absolute atomic E-state index is 0.145. The second-order valence-corrected chi connectivity index (χ2v) is 7.16. The number of carboxylic acids is 1. The highest BCUT2D eigenvalue weighted by Gasteiger charge is 2.23. The summed E-state index contributed by atoms with van der Waals surface area (Å²) in [5.41, 5.74) is 1.31. The van der Waals surface area contributed by atoms with Crippen LogP contribution < -0.4 is 10.1 Å². The van der Waals surface area contributed by atoms with Gasteiger partial charge >= 0.3 is 5.97 Å². The van der Waals surface area contributed by atoms with Crippen LogP contribution in [0.5, 0.6) is 11.5 Å². The number of aliphatic carboxylic acids is 1. The molecular formula is C24H22ClNO5. The summed E-state index contributed by atoms with van der Waals surface area (Å²) in [4.78, 5) is 24.3. The Kier molecular flexibility index (Phi) is 8.04. The number of hydrogen-bond acceptors (Lipinski definition) is 4. The van der Waals surface area contributed by atoms with E-state index in [4.69, 9.17) is 21.1 Å². The maximum Gasteiger partial charge on any atom is 0.328 e. The molecule has 0 unspecified atom stereocenters. The van der Waals surface area contributed by atoms with E-state index in [1.807, 2.05) is 30.3 Å². The summed E-state index contributed by atoms with van der Waals surface area (Å²) in [5.74, 6) is -0.937. The molecule has 0 saturated heterocycles. The predicted octanol–water partition coefficient (Wildman–Crippen LogP) is 4.57. The molecule has 1 atom stereocenters. The molecule has 0 radical (unpaired) electrons. The lowest BCUT2D eigenvalue weighted by atomic mass is 10.1. The van der Waals surface area contributed by atoms with Gasteiger partial charge in [-0.05, 0) is 48.4 Å². The SMILES string of the molecule is O=C(N[C@H](COCCc1ccccc1)C(=O)O)c1ccccc1Oc1ccc(Cl)cc1. The Labute approximate surface area is 185 Å². The van der Waals surface area contributed by atoms with E-state index in [0.29, 0.717) is 29.5 Å². The number of amides is 1. The molecule has 31 heavy (non-hydrogen) atoms. The van der Waals surface area contributed by atoms with E-state index in [1.165, 1.54) is 0 Å². The largest absolute Gasteiger partial charge is 0.480 e. The highest BCUT2D eigenvalue weighted by Crippen LogP contribution is 2.26. The first-order valence-electron chi connectivity index (χ1n) is 9.70. The average molecular weight is 440 g/mol. The summed E-state index contributed by atoms with van der Waals surface area (Å²) in [7, 11) is 0. The lowest BCUT2D eigenvalue weighted by Gasteiger charge is -2.16.